The van der Waals surface area contributed by atoms with Crippen LogP contribution in [-0.2, 0) is 19.4 Å². The van der Waals surface area contributed by atoms with Gasteiger partial charge in [0.15, 0.2) is 0 Å². The molecule has 0 fully saturated rings. The van der Waals surface area contributed by atoms with Gasteiger partial charge in [-0.2, -0.15) is 8.78 Å². The number of benzene rings is 1. The van der Waals surface area contributed by atoms with Gasteiger partial charge in [0.25, 0.3) is 0 Å². The van der Waals surface area contributed by atoms with E-state index in [1.165, 1.54) is 25.0 Å². The molecular formula is C18H19BrF2N4OS. The van der Waals surface area contributed by atoms with Crippen LogP contribution >= 0.6 is 28.3 Å². The van der Waals surface area contributed by atoms with Gasteiger partial charge in [-0.05, 0) is 37.1 Å². The molecule has 27 heavy (non-hydrogen) atoms. The van der Waals surface area contributed by atoms with E-state index in [1.807, 2.05) is 5.38 Å². The van der Waals surface area contributed by atoms with Crippen LogP contribution in [0, 0.1) is 0 Å². The Morgan fingerprint density at radius 1 is 1.11 bits per heavy atom. The minimum atomic E-state index is -2.81. The second kappa shape index (κ2) is 8.88. The maximum Gasteiger partial charge on any atom is 0.387 e. The number of nitrogens with zero attached hydrogens (tertiary/aromatic N) is 4. The number of rotatable bonds is 5. The van der Waals surface area contributed by atoms with E-state index in [9.17, 15) is 8.78 Å². The largest absolute Gasteiger partial charge is 0.435 e. The molecule has 5 nitrogen and oxygen atoms in total. The molecule has 0 saturated heterocycles. The van der Waals surface area contributed by atoms with Gasteiger partial charge in [-0.25, -0.2) is 4.98 Å². The van der Waals surface area contributed by atoms with Crippen LogP contribution in [0.5, 0.6) is 5.75 Å². The highest BCUT2D eigenvalue weighted by molar-refractivity contribution is 8.93. The Labute approximate surface area is 170 Å². The first-order valence-corrected chi connectivity index (χ1v) is 9.47. The SMILES string of the molecule is Br.FC(F)Oc1ccc(-c2csc(Cc3nnc4n3CCCCC4)n2)cc1. The lowest BCUT2D eigenvalue weighted by molar-refractivity contribution is -0.0498. The highest BCUT2D eigenvalue weighted by Crippen LogP contribution is 2.26. The second-order valence-corrected chi connectivity index (χ2v) is 7.14. The first-order valence-electron chi connectivity index (χ1n) is 8.59. The number of hydrogen-bond acceptors (Lipinski definition) is 5. The van der Waals surface area contributed by atoms with E-state index in [-0.39, 0.29) is 22.7 Å². The Bertz CT molecular complexity index is 882. The van der Waals surface area contributed by atoms with Gasteiger partial charge >= 0.3 is 6.61 Å². The summed E-state index contributed by atoms with van der Waals surface area (Å²) in [7, 11) is 0. The second-order valence-electron chi connectivity index (χ2n) is 6.20. The molecule has 3 heterocycles. The summed E-state index contributed by atoms with van der Waals surface area (Å²) in [4.78, 5) is 4.67. The van der Waals surface area contributed by atoms with Crippen molar-refractivity contribution in [2.45, 2.75) is 45.3 Å². The van der Waals surface area contributed by atoms with Gasteiger partial charge in [0.2, 0.25) is 0 Å². The van der Waals surface area contributed by atoms with E-state index in [2.05, 4.69) is 24.5 Å². The van der Waals surface area contributed by atoms with Gasteiger partial charge in [-0.3, -0.25) is 0 Å². The van der Waals surface area contributed by atoms with Crippen molar-refractivity contribution < 1.29 is 13.5 Å². The summed E-state index contributed by atoms with van der Waals surface area (Å²) in [5.41, 5.74) is 1.69. The van der Waals surface area contributed by atoms with Gasteiger partial charge in [-0.1, -0.05) is 6.42 Å². The van der Waals surface area contributed by atoms with Crippen molar-refractivity contribution in [1.29, 1.82) is 0 Å². The normalized spacial score (nSPS) is 13.7. The molecule has 2 aromatic heterocycles. The maximum atomic E-state index is 12.2. The fraction of sp³-hybridized carbons (Fsp3) is 0.389. The number of hydrogen-bond donors (Lipinski definition) is 0. The average Bonchev–Trinajstić information content (AvgIpc) is 3.16. The standard InChI is InChI=1S/C18H18F2N4OS.BrH/c19-18(20)25-13-7-5-12(6-8-13)14-11-26-17(21-14)10-16-23-22-15-4-2-1-3-9-24(15)16;/h5-8,11,18H,1-4,9-10H2;1H. The third-order valence-corrected chi connectivity index (χ3v) is 5.27. The van der Waals surface area contributed by atoms with Crippen LogP contribution in [0.4, 0.5) is 8.78 Å². The summed E-state index contributed by atoms with van der Waals surface area (Å²) in [5, 5.41) is 11.6. The van der Waals surface area contributed by atoms with E-state index in [4.69, 9.17) is 0 Å². The van der Waals surface area contributed by atoms with Crippen LogP contribution in [0.2, 0.25) is 0 Å². The van der Waals surface area contributed by atoms with Crippen LogP contribution in [-0.4, -0.2) is 26.4 Å². The Morgan fingerprint density at radius 3 is 2.70 bits per heavy atom. The fourth-order valence-electron chi connectivity index (χ4n) is 3.14. The molecule has 1 aromatic carbocycles. The minimum absolute atomic E-state index is 0. The fourth-order valence-corrected chi connectivity index (χ4v) is 3.94. The minimum Gasteiger partial charge on any atom is -0.435 e. The number of ether oxygens (including phenoxy) is 1. The first-order chi connectivity index (χ1) is 12.7. The molecule has 9 heteroatoms. The molecule has 0 unspecified atom stereocenters. The maximum absolute atomic E-state index is 12.2. The molecule has 1 aliphatic rings. The molecule has 3 aromatic rings. The summed E-state index contributed by atoms with van der Waals surface area (Å²) < 4.78 is 31.1. The molecule has 0 amide bonds. The van der Waals surface area contributed by atoms with E-state index in [0.29, 0.717) is 6.42 Å². The zero-order valence-corrected chi connectivity index (χ0v) is 17.0. The van der Waals surface area contributed by atoms with Crippen molar-refractivity contribution in [3.05, 3.63) is 46.3 Å². The Morgan fingerprint density at radius 2 is 1.93 bits per heavy atom. The average molecular weight is 457 g/mol. The number of aryl methyl sites for hydroxylation is 1. The zero-order valence-electron chi connectivity index (χ0n) is 14.5. The smallest absolute Gasteiger partial charge is 0.387 e. The molecule has 0 atom stereocenters. The van der Waals surface area contributed by atoms with Crippen molar-refractivity contribution in [2.24, 2.45) is 0 Å². The van der Waals surface area contributed by atoms with Gasteiger partial charge in [0.05, 0.1) is 12.1 Å². The molecule has 0 bridgehead atoms. The summed E-state index contributed by atoms with van der Waals surface area (Å²) in [6.45, 7) is -1.84. The van der Waals surface area contributed by atoms with Crippen molar-refractivity contribution in [3.63, 3.8) is 0 Å². The predicted molar refractivity (Wildman–Crippen MR) is 105 cm³/mol. The Kier molecular flexibility index (Phi) is 6.54. The number of thiazole rings is 1. The van der Waals surface area contributed by atoms with Gasteiger partial charge in [-0.15, -0.1) is 38.5 Å². The monoisotopic (exact) mass is 456 g/mol. The van der Waals surface area contributed by atoms with Crippen molar-refractivity contribution >= 4 is 28.3 Å². The molecule has 144 valence electrons. The molecule has 4 rings (SSSR count). The molecule has 0 saturated carbocycles. The molecule has 0 spiro atoms. The van der Waals surface area contributed by atoms with Crippen molar-refractivity contribution in [1.82, 2.24) is 19.7 Å². The Hall–Kier alpha value is -1.87. The molecule has 0 N–H and O–H groups in total. The summed E-state index contributed by atoms with van der Waals surface area (Å²) in [6.07, 6.45) is 5.21. The van der Waals surface area contributed by atoms with E-state index in [0.717, 1.165) is 47.3 Å². The summed E-state index contributed by atoms with van der Waals surface area (Å²) in [6, 6.07) is 6.52. The van der Waals surface area contributed by atoms with Gasteiger partial charge < -0.3 is 9.30 Å². The topological polar surface area (TPSA) is 52.8 Å². The van der Waals surface area contributed by atoms with E-state index < -0.39 is 6.61 Å². The lowest BCUT2D eigenvalue weighted by atomic mass is 10.2. The third-order valence-electron chi connectivity index (χ3n) is 4.42. The number of alkyl halides is 2. The Balaban J connectivity index is 0.00000210. The van der Waals surface area contributed by atoms with Crippen LogP contribution in [0.15, 0.2) is 29.6 Å². The molecular weight excluding hydrogens is 438 g/mol. The lowest BCUT2D eigenvalue weighted by Crippen LogP contribution is -2.06. The quantitative estimate of drug-likeness (QED) is 0.547. The summed E-state index contributed by atoms with van der Waals surface area (Å²) >= 11 is 1.57. The summed E-state index contributed by atoms with van der Waals surface area (Å²) in [5.74, 6) is 2.18. The zero-order chi connectivity index (χ0) is 17.9. The number of fused-ring (bicyclic) bond motifs is 1. The van der Waals surface area contributed by atoms with Crippen molar-refractivity contribution in [3.8, 4) is 17.0 Å². The van der Waals surface area contributed by atoms with Crippen molar-refractivity contribution in [2.75, 3.05) is 0 Å². The van der Waals surface area contributed by atoms with Crippen LogP contribution in [0.1, 0.15) is 35.9 Å². The van der Waals surface area contributed by atoms with Crippen LogP contribution in [0.25, 0.3) is 11.3 Å². The highest BCUT2D eigenvalue weighted by atomic mass is 79.9. The van der Waals surface area contributed by atoms with E-state index >= 15 is 0 Å². The third kappa shape index (κ3) is 4.70. The van der Waals surface area contributed by atoms with E-state index in [1.54, 1.807) is 23.5 Å². The first kappa shape index (κ1) is 19.9. The number of aromatic nitrogens is 4. The lowest BCUT2D eigenvalue weighted by Gasteiger charge is -2.05. The van der Waals surface area contributed by atoms with Gasteiger partial charge in [0, 0.05) is 23.9 Å². The molecule has 0 aliphatic carbocycles. The van der Waals surface area contributed by atoms with Crippen LogP contribution in [0.3, 0.4) is 0 Å². The van der Waals surface area contributed by atoms with Crippen LogP contribution < -0.4 is 4.74 Å². The number of halogens is 3. The molecule has 0 radical (unpaired) electrons. The van der Waals surface area contributed by atoms with Gasteiger partial charge in [0.1, 0.15) is 22.4 Å². The highest BCUT2D eigenvalue weighted by Gasteiger charge is 2.16. The molecule has 1 aliphatic heterocycles. The predicted octanol–water partition coefficient (Wildman–Crippen LogP) is 4.90.